The van der Waals surface area contributed by atoms with Gasteiger partial charge in [0.2, 0.25) is 0 Å². The van der Waals surface area contributed by atoms with Gasteiger partial charge in [-0.05, 0) is 30.7 Å². The number of hydrogen-bond acceptors (Lipinski definition) is 3. The van der Waals surface area contributed by atoms with Crippen LogP contribution in [-0.4, -0.2) is 30.8 Å². The average molecular weight is 205 g/mol. The van der Waals surface area contributed by atoms with Crippen LogP contribution in [0.1, 0.15) is 26.7 Å². The Balaban J connectivity index is 0.000000252. The Morgan fingerprint density at radius 3 is 1.85 bits per heavy atom. The van der Waals surface area contributed by atoms with E-state index in [0.717, 1.165) is 12.5 Å². The lowest BCUT2D eigenvalue weighted by Gasteiger charge is -2.42. The van der Waals surface area contributed by atoms with Crippen molar-refractivity contribution >= 4 is 10.0 Å². The van der Waals surface area contributed by atoms with E-state index in [-0.39, 0.29) is 0 Å². The summed E-state index contributed by atoms with van der Waals surface area (Å²) in [7, 11) is 2.73. The van der Waals surface area contributed by atoms with E-state index >= 15 is 0 Å². The molecular formula is C9H23NO2Si. The lowest BCUT2D eigenvalue weighted by Crippen LogP contribution is -2.36. The summed E-state index contributed by atoms with van der Waals surface area (Å²) in [6.07, 6.45) is 2.67. The topological polar surface area (TPSA) is 44.5 Å². The molecule has 0 aliphatic heterocycles. The molecule has 0 aromatic rings. The maximum absolute atomic E-state index is 5.45. The molecule has 1 saturated carbocycles. The molecule has 0 unspecified atom stereocenters. The van der Waals surface area contributed by atoms with Gasteiger partial charge in [0.05, 0.1) is 0 Å². The minimum atomic E-state index is -0.568. The normalized spacial score (nSPS) is 20.1. The van der Waals surface area contributed by atoms with Crippen LogP contribution in [-0.2, 0) is 8.85 Å². The van der Waals surface area contributed by atoms with E-state index in [0.29, 0.717) is 5.41 Å². The zero-order valence-electron chi connectivity index (χ0n) is 9.30. The zero-order chi connectivity index (χ0) is 10.3. The van der Waals surface area contributed by atoms with Gasteiger partial charge in [-0.1, -0.05) is 13.8 Å². The van der Waals surface area contributed by atoms with Crippen molar-refractivity contribution in [2.24, 2.45) is 17.1 Å². The first kappa shape index (κ1) is 13.1. The Hall–Kier alpha value is 0.0969. The van der Waals surface area contributed by atoms with Crippen LogP contribution in [0.15, 0.2) is 0 Å². The van der Waals surface area contributed by atoms with E-state index in [1.807, 2.05) is 0 Å². The summed E-state index contributed by atoms with van der Waals surface area (Å²) in [4.78, 5) is 0. The predicted molar refractivity (Wildman–Crippen MR) is 58.1 cm³/mol. The molecule has 4 heteroatoms. The second kappa shape index (κ2) is 6.54. The summed E-state index contributed by atoms with van der Waals surface area (Å²) in [6.45, 7) is 5.50. The molecule has 0 atom stereocenters. The van der Waals surface area contributed by atoms with E-state index < -0.39 is 10.0 Å². The molecule has 13 heavy (non-hydrogen) atoms. The minimum absolute atomic E-state index is 0.568. The molecule has 0 radical (unpaired) electrons. The van der Waals surface area contributed by atoms with Crippen LogP contribution in [0, 0.1) is 11.3 Å². The number of rotatable bonds is 3. The summed E-state index contributed by atoms with van der Waals surface area (Å²) in [5.74, 6) is 0.838. The Bertz CT molecular complexity index is 121. The van der Waals surface area contributed by atoms with Gasteiger partial charge >= 0.3 is 10.0 Å². The molecule has 0 aromatic heterocycles. The van der Waals surface area contributed by atoms with E-state index in [2.05, 4.69) is 22.7 Å². The van der Waals surface area contributed by atoms with Crippen molar-refractivity contribution in [3.8, 4) is 0 Å². The van der Waals surface area contributed by atoms with E-state index in [1.54, 1.807) is 14.2 Å². The third-order valence-corrected chi connectivity index (χ3v) is 2.72. The summed E-state index contributed by atoms with van der Waals surface area (Å²) in [6, 6.07) is 0. The van der Waals surface area contributed by atoms with Crippen molar-refractivity contribution in [1.29, 1.82) is 0 Å². The van der Waals surface area contributed by atoms with Gasteiger partial charge in [-0.15, -0.1) is 0 Å². The largest absolute Gasteiger partial charge is 0.402 e. The van der Waals surface area contributed by atoms with Gasteiger partial charge in [0, 0.05) is 14.2 Å². The molecule has 1 aliphatic rings. The SMILES string of the molecule is CC1(C)CC(CN)C1.CO[SiH2]OC. The Kier molecular flexibility index (Phi) is 6.58. The predicted octanol–water partition coefficient (Wildman–Crippen LogP) is 0.659. The van der Waals surface area contributed by atoms with Crippen molar-refractivity contribution in [2.45, 2.75) is 26.7 Å². The summed E-state index contributed by atoms with van der Waals surface area (Å²) in [5.41, 5.74) is 6.07. The van der Waals surface area contributed by atoms with Crippen molar-refractivity contribution in [1.82, 2.24) is 0 Å². The molecule has 0 amide bonds. The standard InChI is InChI=1S/C7H15N.C2H8O2Si/c1-7(2)3-6(4-7)5-8;1-3-5-4-2/h6H,3-5,8H2,1-2H3;5H2,1-2H3. The fraction of sp³-hybridized carbons (Fsp3) is 1.00. The van der Waals surface area contributed by atoms with Crippen LogP contribution in [0.2, 0.25) is 0 Å². The van der Waals surface area contributed by atoms with Crippen molar-refractivity contribution in [2.75, 3.05) is 20.8 Å². The van der Waals surface area contributed by atoms with Crippen molar-refractivity contribution in [3.05, 3.63) is 0 Å². The fourth-order valence-corrected chi connectivity index (χ4v) is 2.02. The highest BCUT2D eigenvalue weighted by Gasteiger charge is 2.34. The highest BCUT2D eigenvalue weighted by atomic mass is 28.3. The molecular weight excluding hydrogens is 182 g/mol. The third-order valence-electron chi connectivity index (χ3n) is 2.25. The van der Waals surface area contributed by atoms with Gasteiger partial charge in [-0.25, -0.2) is 0 Å². The molecule has 80 valence electrons. The van der Waals surface area contributed by atoms with Crippen LogP contribution in [0.4, 0.5) is 0 Å². The van der Waals surface area contributed by atoms with Crippen LogP contribution in [0.3, 0.4) is 0 Å². The highest BCUT2D eigenvalue weighted by molar-refractivity contribution is 6.17. The molecule has 0 saturated heterocycles. The second-order valence-electron chi connectivity index (χ2n) is 4.37. The quantitative estimate of drug-likeness (QED) is 0.688. The first-order chi connectivity index (χ1) is 6.05. The first-order valence-electron chi connectivity index (χ1n) is 4.73. The summed E-state index contributed by atoms with van der Waals surface area (Å²) < 4.78 is 9.22. The lowest BCUT2D eigenvalue weighted by molar-refractivity contribution is 0.103. The second-order valence-corrected chi connectivity index (χ2v) is 5.76. The van der Waals surface area contributed by atoms with Gasteiger partial charge in [0.25, 0.3) is 0 Å². The molecule has 1 aliphatic carbocycles. The highest BCUT2D eigenvalue weighted by Crippen LogP contribution is 2.43. The van der Waals surface area contributed by atoms with Gasteiger partial charge in [-0.3, -0.25) is 0 Å². The monoisotopic (exact) mass is 205 g/mol. The molecule has 0 aromatic carbocycles. The summed E-state index contributed by atoms with van der Waals surface area (Å²) >= 11 is 0. The average Bonchev–Trinajstić information content (AvgIpc) is 2.02. The van der Waals surface area contributed by atoms with Gasteiger partial charge in [0.1, 0.15) is 0 Å². The molecule has 1 fully saturated rings. The molecule has 2 N–H and O–H groups in total. The molecule has 0 heterocycles. The molecule has 0 spiro atoms. The number of nitrogens with two attached hydrogens (primary N) is 1. The Morgan fingerprint density at radius 2 is 1.77 bits per heavy atom. The maximum Gasteiger partial charge on any atom is 0.303 e. The van der Waals surface area contributed by atoms with Crippen molar-refractivity contribution in [3.63, 3.8) is 0 Å². The van der Waals surface area contributed by atoms with Gasteiger partial charge in [-0.2, -0.15) is 0 Å². The first-order valence-corrected chi connectivity index (χ1v) is 5.89. The van der Waals surface area contributed by atoms with E-state index in [9.17, 15) is 0 Å². The van der Waals surface area contributed by atoms with Crippen LogP contribution < -0.4 is 5.73 Å². The minimum Gasteiger partial charge on any atom is -0.402 e. The van der Waals surface area contributed by atoms with Crippen LogP contribution >= 0.6 is 0 Å². The number of hydrogen-bond donors (Lipinski definition) is 1. The van der Waals surface area contributed by atoms with Crippen molar-refractivity contribution < 1.29 is 8.85 Å². The van der Waals surface area contributed by atoms with E-state index in [1.165, 1.54) is 12.8 Å². The molecule has 1 rings (SSSR count). The smallest absolute Gasteiger partial charge is 0.303 e. The fourth-order valence-electron chi connectivity index (χ4n) is 1.79. The van der Waals surface area contributed by atoms with Crippen LogP contribution in [0.5, 0.6) is 0 Å². The Labute approximate surface area is 84.0 Å². The van der Waals surface area contributed by atoms with E-state index in [4.69, 9.17) is 5.73 Å². The lowest BCUT2D eigenvalue weighted by atomic mass is 9.65. The molecule has 3 nitrogen and oxygen atoms in total. The molecule has 0 bridgehead atoms. The van der Waals surface area contributed by atoms with Crippen LogP contribution in [0.25, 0.3) is 0 Å². The zero-order valence-corrected chi connectivity index (χ0v) is 10.7. The maximum atomic E-state index is 5.45. The van der Waals surface area contributed by atoms with Gasteiger partial charge in [0.15, 0.2) is 0 Å². The third kappa shape index (κ3) is 6.21. The summed E-state index contributed by atoms with van der Waals surface area (Å²) in [5, 5.41) is 0. The van der Waals surface area contributed by atoms with Gasteiger partial charge < -0.3 is 14.6 Å². The Morgan fingerprint density at radius 1 is 1.31 bits per heavy atom.